The highest BCUT2D eigenvalue weighted by Gasteiger charge is 2.21. The number of carbonyl (C=O) groups excluding carboxylic acids is 2. The minimum absolute atomic E-state index is 0.0952. The fourth-order valence-electron chi connectivity index (χ4n) is 2.39. The van der Waals surface area contributed by atoms with Crippen molar-refractivity contribution in [2.24, 2.45) is 5.92 Å². The largest absolute Gasteiger partial charge is 0.462 e. The van der Waals surface area contributed by atoms with E-state index in [0.717, 1.165) is 32.1 Å². The molecule has 0 aliphatic carbocycles. The van der Waals surface area contributed by atoms with Gasteiger partial charge in [0.25, 0.3) is 0 Å². The monoisotopic (exact) mass is 334 g/mol. The highest BCUT2D eigenvalue weighted by Crippen LogP contribution is 2.17. The zero-order valence-electron chi connectivity index (χ0n) is 15.3. The number of ether oxygens (including phenoxy) is 2. The number of rotatable bonds is 10. The highest BCUT2D eigenvalue weighted by molar-refractivity contribution is 6.03. The minimum atomic E-state index is -0.475. The lowest BCUT2D eigenvalue weighted by Gasteiger charge is -2.18. The molecule has 0 heterocycles. The molecule has 0 N–H and O–H groups in total. The van der Waals surface area contributed by atoms with Gasteiger partial charge in [0.15, 0.2) is 0 Å². The van der Waals surface area contributed by atoms with Gasteiger partial charge in [0.1, 0.15) is 6.10 Å². The van der Waals surface area contributed by atoms with E-state index in [4.69, 9.17) is 9.47 Å². The first-order chi connectivity index (χ1) is 11.5. The summed E-state index contributed by atoms with van der Waals surface area (Å²) in [6.45, 7) is 8.46. The van der Waals surface area contributed by atoms with Crippen LogP contribution in [0.1, 0.15) is 80.5 Å². The van der Waals surface area contributed by atoms with E-state index in [0.29, 0.717) is 6.61 Å². The molecule has 0 aromatic heterocycles. The Morgan fingerprint density at radius 2 is 1.58 bits per heavy atom. The molecule has 1 aromatic carbocycles. The molecule has 0 saturated heterocycles. The van der Waals surface area contributed by atoms with Crippen LogP contribution in [0.15, 0.2) is 24.3 Å². The van der Waals surface area contributed by atoms with Crippen LogP contribution in [0.2, 0.25) is 0 Å². The van der Waals surface area contributed by atoms with Gasteiger partial charge in [-0.05, 0) is 30.9 Å². The molecule has 0 saturated carbocycles. The van der Waals surface area contributed by atoms with Gasteiger partial charge in [-0.2, -0.15) is 0 Å². The molecule has 4 nitrogen and oxygen atoms in total. The lowest BCUT2D eigenvalue weighted by Crippen LogP contribution is -2.21. The quantitative estimate of drug-likeness (QED) is 0.564. The van der Waals surface area contributed by atoms with Crippen LogP contribution in [0, 0.1) is 5.92 Å². The molecule has 0 fully saturated rings. The maximum absolute atomic E-state index is 12.5. The Morgan fingerprint density at radius 3 is 2.12 bits per heavy atom. The van der Waals surface area contributed by atoms with Gasteiger partial charge in [-0.25, -0.2) is 9.59 Å². The summed E-state index contributed by atoms with van der Waals surface area (Å²) in [7, 11) is 0. The van der Waals surface area contributed by atoms with Gasteiger partial charge >= 0.3 is 11.9 Å². The smallest absolute Gasteiger partial charge is 0.339 e. The SMILES string of the molecule is CCCCC(CCC)OC(=O)c1ccccc1C(=O)OCC(C)C. The lowest BCUT2D eigenvalue weighted by molar-refractivity contribution is 0.0244. The van der Waals surface area contributed by atoms with Gasteiger partial charge in [0.05, 0.1) is 17.7 Å². The summed E-state index contributed by atoms with van der Waals surface area (Å²) in [6.07, 6.45) is 4.65. The Hall–Kier alpha value is -1.84. The molecule has 0 amide bonds. The molecule has 0 aliphatic rings. The number of benzene rings is 1. The zero-order chi connectivity index (χ0) is 17.9. The highest BCUT2D eigenvalue weighted by atomic mass is 16.5. The Labute approximate surface area is 145 Å². The second-order valence-corrected chi connectivity index (χ2v) is 6.50. The second-order valence-electron chi connectivity index (χ2n) is 6.50. The minimum Gasteiger partial charge on any atom is -0.462 e. The van der Waals surface area contributed by atoms with Crippen molar-refractivity contribution in [1.29, 1.82) is 0 Å². The third-order valence-corrected chi connectivity index (χ3v) is 3.68. The van der Waals surface area contributed by atoms with E-state index in [1.54, 1.807) is 24.3 Å². The number of esters is 2. The molecule has 0 bridgehead atoms. The molecule has 24 heavy (non-hydrogen) atoms. The first kappa shape index (κ1) is 20.2. The molecule has 1 aromatic rings. The number of unbranched alkanes of at least 4 members (excludes halogenated alkanes) is 1. The van der Waals surface area contributed by atoms with Gasteiger partial charge in [-0.3, -0.25) is 0 Å². The first-order valence-corrected chi connectivity index (χ1v) is 8.96. The molecular formula is C20H30O4. The van der Waals surface area contributed by atoms with Crippen molar-refractivity contribution in [2.75, 3.05) is 6.61 Å². The Kier molecular flexibility index (Phi) is 9.13. The first-order valence-electron chi connectivity index (χ1n) is 8.96. The number of hydrogen-bond acceptors (Lipinski definition) is 4. The molecule has 1 atom stereocenters. The van der Waals surface area contributed by atoms with E-state index >= 15 is 0 Å². The summed E-state index contributed by atoms with van der Waals surface area (Å²) in [5.74, 6) is -0.672. The molecule has 1 unspecified atom stereocenters. The molecule has 0 aliphatic heterocycles. The average molecular weight is 334 g/mol. The van der Waals surface area contributed by atoms with E-state index < -0.39 is 11.9 Å². The number of carbonyl (C=O) groups is 2. The molecule has 0 radical (unpaired) electrons. The molecule has 4 heteroatoms. The summed E-state index contributed by atoms with van der Waals surface area (Å²) >= 11 is 0. The van der Waals surface area contributed by atoms with Crippen molar-refractivity contribution in [3.05, 3.63) is 35.4 Å². The fourth-order valence-corrected chi connectivity index (χ4v) is 2.39. The van der Waals surface area contributed by atoms with E-state index in [2.05, 4.69) is 13.8 Å². The zero-order valence-corrected chi connectivity index (χ0v) is 15.3. The summed E-state index contributed by atoms with van der Waals surface area (Å²) in [6, 6.07) is 6.69. The van der Waals surface area contributed by atoms with E-state index in [1.807, 2.05) is 13.8 Å². The second kappa shape index (κ2) is 10.8. The van der Waals surface area contributed by atoms with Crippen LogP contribution in [-0.2, 0) is 9.47 Å². The third-order valence-electron chi connectivity index (χ3n) is 3.68. The van der Waals surface area contributed by atoms with Gasteiger partial charge in [-0.15, -0.1) is 0 Å². The molecule has 1 rings (SSSR count). The average Bonchev–Trinajstić information content (AvgIpc) is 2.57. The fraction of sp³-hybridized carbons (Fsp3) is 0.600. The van der Waals surface area contributed by atoms with Crippen LogP contribution in [0.4, 0.5) is 0 Å². The van der Waals surface area contributed by atoms with Crippen LogP contribution in [0.5, 0.6) is 0 Å². The third kappa shape index (κ3) is 6.73. The summed E-state index contributed by atoms with van der Waals surface area (Å²) < 4.78 is 10.9. The Bertz CT molecular complexity index is 522. The number of hydrogen-bond donors (Lipinski definition) is 0. The topological polar surface area (TPSA) is 52.6 Å². The van der Waals surface area contributed by atoms with Crippen molar-refractivity contribution in [2.45, 2.75) is 65.9 Å². The Balaban J connectivity index is 2.84. The van der Waals surface area contributed by atoms with Crippen LogP contribution in [0.25, 0.3) is 0 Å². The maximum Gasteiger partial charge on any atom is 0.339 e. The van der Waals surface area contributed by atoms with Crippen molar-refractivity contribution >= 4 is 11.9 Å². The van der Waals surface area contributed by atoms with Crippen LogP contribution >= 0.6 is 0 Å². The molecule has 0 spiro atoms. The normalized spacial score (nSPS) is 12.0. The van der Waals surface area contributed by atoms with Gasteiger partial charge in [0.2, 0.25) is 0 Å². The van der Waals surface area contributed by atoms with E-state index in [9.17, 15) is 9.59 Å². The standard InChI is InChI=1S/C20H30O4/c1-5-7-11-16(10-6-2)24-20(22)18-13-9-8-12-17(18)19(21)23-14-15(3)4/h8-9,12-13,15-16H,5-7,10-11,14H2,1-4H3. The predicted octanol–water partition coefficient (Wildman–Crippen LogP) is 5.02. The van der Waals surface area contributed by atoms with Crippen molar-refractivity contribution < 1.29 is 19.1 Å². The summed E-state index contributed by atoms with van der Waals surface area (Å²) in [4.78, 5) is 24.8. The summed E-state index contributed by atoms with van der Waals surface area (Å²) in [5.41, 5.74) is 0.553. The maximum atomic E-state index is 12.5. The van der Waals surface area contributed by atoms with Crippen molar-refractivity contribution in [3.8, 4) is 0 Å². The molecule has 134 valence electrons. The van der Waals surface area contributed by atoms with Gasteiger partial charge < -0.3 is 9.47 Å². The van der Waals surface area contributed by atoms with E-state index in [1.165, 1.54) is 0 Å². The Morgan fingerprint density at radius 1 is 0.958 bits per heavy atom. The lowest BCUT2D eigenvalue weighted by atomic mass is 10.1. The van der Waals surface area contributed by atoms with Crippen molar-refractivity contribution in [1.82, 2.24) is 0 Å². The van der Waals surface area contributed by atoms with Crippen LogP contribution in [0.3, 0.4) is 0 Å². The van der Waals surface area contributed by atoms with Crippen LogP contribution in [-0.4, -0.2) is 24.6 Å². The van der Waals surface area contributed by atoms with E-state index in [-0.39, 0.29) is 23.1 Å². The summed E-state index contributed by atoms with van der Waals surface area (Å²) in [5, 5.41) is 0. The van der Waals surface area contributed by atoms with Gasteiger partial charge in [0, 0.05) is 0 Å². The van der Waals surface area contributed by atoms with Crippen LogP contribution < -0.4 is 0 Å². The molecular weight excluding hydrogens is 304 g/mol. The van der Waals surface area contributed by atoms with Crippen molar-refractivity contribution in [3.63, 3.8) is 0 Å². The van der Waals surface area contributed by atoms with Gasteiger partial charge in [-0.1, -0.05) is 59.1 Å². The predicted molar refractivity (Wildman–Crippen MR) is 95.2 cm³/mol.